The van der Waals surface area contributed by atoms with Crippen LogP contribution in [0.15, 0.2) is 24.3 Å². The Balaban J connectivity index is 1.63. The second-order valence-electron chi connectivity index (χ2n) is 8.38. The van der Waals surface area contributed by atoms with Crippen molar-refractivity contribution in [2.75, 3.05) is 19.6 Å². The lowest BCUT2D eigenvalue weighted by atomic mass is 9.98. The average Bonchev–Trinajstić information content (AvgIpc) is 3.57. The van der Waals surface area contributed by atoms with Gasteiger partial charge in [0, 0.05) is 49.1 Å². The van der Waals surface area contributed by atoms with Crippen molar-refractivity contribution >= 4 is 22.7 Å². The number of likely N-dealkylation sites (tertiary alicyclic amines) is 1. The molecule has 1 saturated carbocycles. The maximum atomic E-state index is 13.7. The van der Waals surface area contributed by atoms with E-state index in [0.29, 0.717) is 25.4 Å². The number of nitrogens with one attached hydrogen (secondary N) is 1. The molecular weight excluding hydrogens is 364 g/mol. The van der Waals surface area contributed by atoms with Crippen LogP contribution >= 0.6 is 0 Å². The van der Waals surface area contributed by atoms with Gasteiger partial charge in [0.05, 0.1) is 11.1 Å². The van der Waals surface area contributed by atoms with Crippen molar-refractivity contribution in [3.05, 3.63) is 41.1 Å². The molecule has 0 bridgehead atoms. The molecule has 6 nitrogen and oxygen atoms in total. The topological polar surface area (TPSA) is 88.3 Å². The first-order valence-corrected chi connectivity index (χ1v) is 10.8. The molecule has 1 saturated heterocycles. The number of nitrogens with zero attached hydrogens (tertiary/aromatic N) is 2. The van der Waals surface area contributed by atoms with Crippen molar-refractivity contribution in [1.82, 2.24) is 15.2 Å². The van der Waals surface area contributed by atoms with Crippen molar-refractivity contribution in [3.63, 3.8) is 0 Å². The van der Waals surface area contributed by atoms with E-state index in [1.165, 1.54) is 0 Å². The molecule has 0 spiro atoms. The van der Waals surface area contributed by atoms with Gasteiger partial charge < -0.3 is 16.0 Å². The van der Waals surface area contributed by atoms with Gasteiger partial charge in [0.15, 0.2) is 0 Å². The highest BCUT2D eigenvalue weighted by atomic mass is 16.2. The lowest BCUT2D eigenvalue weighted by Crippen LogP contribution is -2.49. The SMILES string of the molecule is Cc1ccc2nc(C3CC3)cc(C(=O)N3CCCCC3CNC(=O)CCN)c2c1. The smallest absolute Gasteiger partial charge is 0.254 e. The first-order valence-electron chi connectivity index (χ1n) is 10.8. The van der Waals surface area contributed by atoms with Crippen LogP contribution in [0.25, 0.3) is 10.9 Å². The molecule has 4 rings (SSSR count). The average molecular weight is 395 g/mol. The molecule has 1 unspecified atom stereocenters. The number of aromatic nitrogens is 1. The predicted molar refractivity (Wildman–Crippen MR) is 114 cm³/mol. The zero-order valence-electron chi connectivity index (χ0n) is 17.1. The molecule has 29 heavy (non-hydrogen) atoms. The Morgan fingerprint density at radius 3 is 2.79 bits per heavy atom. The van der Waals surface area contributed by atoms with Crippen molar-refractivity contribution in [2.24, 2.45) is 5.73 Å². The van der Waals surface area contributed by atoms with Crippen LogP contribution in [-0.2, 0) is 4.79 Å². The summed E-state index contributed by atoms with van der Waals surface area (Å²) in [5, 5.41) is 3.88. The summed E-state index contributed by atoms with van der Waals surface area (Å²) in [5.41, 5.74) is 9.27. The highest BCUT2D eigenvalue weighted by molar-refractivity contribution is 6.06. The van der Waals surface area contributed by atoms with Crippen LogP contribution in [0.2, 0.25) is 0 Å². The van der Waals surface area contributed by atoms with Gasteiger partial charge in [-0.15, -0.1) is 0 Å². The van der Waals surface area contributed by atoms with Gasteiger partial charge >= 0.3 is 0 Å². The molecule has 3 N–H and O–H groups in total. The number of piperidine rings is 1. The van der Waals surface area contributed by atoms with E-state index in [-0.39, 0.29) is 17.9 Å². The highest BCUT2D eigenvalue weighted by Crippen LogP contribution is 2.40. The molecule has 1 aromatic carbocycles. The lowest BCUT2D eigenvalue weighted by Gasteiger charge is -2.36. The number of fused-ring (bicyclic) bond motifs is 1. The van der Waals surface area contributed by atoms with Crippen LogP contribution in [0.5, 0.6) is 0 Å². The van der Waals surface area contributed by atoms with Gasteiger partial charge in [0.25, 0.3) is 5.91 Å². The van der Waals surface area contributed by atoms with E-state index in [9.17, 15) is 9.59 Å². The number of carbonyl (C=O) groups is 2. The third-order valence-electron chi connectivity index (χ3n) is 6.00. The summed E-state index contributed by atoms with van der Waals surface area (Å²) < 4.78 is 0. The minimum absolute atomic E-state index is 0.0235. The fourth-order valence-electron chi connectivity index (χ4n) is 4.21. The Hall–Kier alpha value is -2.47. The van der Waals surface area contributed by atoms with E-state index in [4.69, 9.17) is 10.7 Å². The molecule has 1 aromatic heterocycles. The normalized spacial score (nSPS) is 19.4. The van der Waals surface area contributed by atoms with Gasteiger partial charge in [-0.05, 0) is 57.2 Å². The molecule has 1 aliphatic carbocycles. The zero-order valence-corrected chi connectivity index (χ0v) is 17.1. The predicted octanol–water partition coefficient (Wildman–Crippen LogP) is 2.88. The minimum atomic E-state index is -0.0496. The fourth-order valence-corrected chi connectivity index (χ4v) is 4.21. The van der Waals surface area contributed by atoms with Crippen LogP contribution < -0.4 is 11.1 Å². The maximum absolute atomic E-state index is 13.7. The number of benzene rings is 1. The van der Waals surface area contributed by atoms with Gasteiger partial charge in [-0.3, -0.25) is 14.6 Å². The molecule has 2 aliphatic rings. The molecule has 154 valence electrons. The largest absolute Gasteiger partial charge is 0.354 e. The summed E-state index contributed by atoms with van der Waals surface area (Å²) in [4.78, 5) is 32.3. The molecule has 2 fully saturated rings. The lowest BCUT2D eigenvalue weighted by molar-refractivity contribution is -0.121. The summed E-state index contributed by atoms with van der Waals surface area (Å²) in [6, 6.07) is 8.18. The van der Waals surface area contributed by atoms with E-state index >= 15 is 0 Å². The number of hydrogen-bond acceptors (Lipinski definition) is 4. The molecule has 1 atom stereocenters. The molecule has 0 radical (unpaired) electrons. The second kappa shape index (κ2) is 8.49. The number of amides is 2. The Bertz CT molecular complexity index is 922. The minimum Gasteiger partial charge on any atom is -0.354 e. The van der Waals surface area contributed by atoms with Crippen molar-refractivity contribution in [3.8, 4) is 0 Å². The first kappa shape index (κ1) is 19.8. The van der Waals surface area contributed by atoms with Crippen LogP contribution in [0, 0.1) is 6.92 Å². The van der Waals surface area contributed by atoms with Crippen LogP contribution in [0.3, 0.4) is 0 Å². The van der Waals surface area contributed by atoms with E-state index < -0.39 is 0 Å². The number of hydrogen-bond donors (Lipinski definition) is 2. The van der Waals surface area contributed by atoms with Gasteiger partial charge in [0.2, 0.25) is 5.91 Å². The molecule has 1 aliphatic heterocycles. The van der Waals surface area contributed by atoms with Gasteiger partial charge in [0.1, 0.15) is 0 Å². The summed E-state index contributed by atoms with van der Waals surface area (Å²) in [6.45, 7) is 3.59. The quantitative estimate of drug-likeness (QED) is 0.788. The third kappa shape index (κ3) is 4.42. The van der Waals surface area contributed by atoms with E-state index in [2.05, 4.69) is 17.4 Å². The molecule has 2 amide bonds. The van der Waals surface area contributed by atoms with E-state index in [0.717, 1.165) is 66.4 Å². The van der Waals surface area contributed by atoms with E-state index in [1.807, 2.05) is 24.0 Å². The Kier molecular flexibility index (Phi) is 5.81. The van der Waals surface area contributed by atoms with Crippen LogP contribution in [0.4, 0.5) is 0 Å². The molecule has 6 heteroatoms. The second-order valence-corrected chi connectivity index (χ2v) is 8.38. The summed E-state index contributed by atoms with van der Waals surface area (Å²) in [6.07, 6.45) is 5.60. The summed E-state index contributed by atoms with van der Waals surface area (Å²) >= 11 is 0. The molecule has 2 aromatic rings. The fraction of sp³-hybridized carbons (Fsp3) is 0.522. The third-order valence-corrected chi connectivity index (χ3v) is 6.00. The first-order chi connectivity index (χ1) is 14.1. The molecule has 2 heterocycles. The Morgan fingerprint density at radius 1 is 1.21 bits per heavy atom. The number of aryl methyl sites for hydroxylation is 1. The Labute approximate surface area is 171 Å². The zero-order chi connectivity index (χ0) is 20.4. The monoisotopic (exact) mass is 394 g/mol. The number of carbonyl (C=O) groups excluding carboxylic acids is 2. The maximum Gasteiger partial charge on any atom is 0.254 e. The summed E-state index contributed by atoms with van der Waals surface area (Å²) in [5.74, 6) is 0.495. The van der Waals surface area contributed by atoms with Gasteiger partial charge in [-0.1, -0.05) is 11.6 Å². The van der Waals surface area contributed by atoms with Crippen LogP contribution in [-0.4, -0.2) is 47.4 Å². The van der Waals surface area contributed by atoms with Crippen molar-refractivity contribution in [2.45, 2.75) is 57.4 Å². The number of nitrogens with two attached hydrogens (primary N) is 1. The van der Waals surface area contributed by atoms with E-state index in [1.54, 1.807) is 0 Å². The number of rotatable bonds is 6. The molecular formula is C23H30N4O2. The van der Waals surface area contributed by atoms with Crippen molar-refractivity contribution < 1.29 is 9.59 Å². The highest BCUT2D eigenvalue weighted by Gasteiger charge is 2.31. The van der Waals surface area contributed by atoms with Gasteiger partial charge in [-0.2, -0.15) is 0 Å². The number of pyridine rings is 1. The Morgan fingerprint density at radius 2 is 2.03 bits per heavy atom. The van der Waals surface area contributed by atoms with Crippen molar-refractivity contribution in [1.29, 1.82) is 0 Å². The summed E-state index contributed by atoms with van der Waals surface area (Å²) in [7, 11) is 0. The standard InChI is InChI=1S/C23H30N4O2/c1-15-5-8-20-18(12-15)19(13-21(26-20)16-6-7-16)23(29)27-11-3-2-4-17(27)14-25-22(28)9-10-24/h5,8,12-13,16-17H,2-4,6-7,9-11,14,24H2,1H3,(H,25,28). The van der Waals surface area contributed by atoms with Gasteiger partial charge in [-0.25, -0.2) is 0 Å². The van der Waals surface area contributed by atoms with Crippen LogP contribution in [0.1, 0.15) is 66.1 Å².